The zero-order valence-electron chi connectivity index (χ0n) is 12.3. The lowest BCUT2D eigenvalue weighted by Gasteiger charge is -2.22. The van der Waals surface area contributed by atoms with Gasteiger partial charge in [-0.05, 0) is 27.7 Å². The molecule has 0 aliphatic carbocycles. The van der Waals surface area contributed by atoms with Crippen LogP contribution in [0.1, 0.15) is 27.7 Å². The molecule has 0 heterocycles. The Labute approximate surface area is 118 Å². The summed E-state index contributed by atoms with van der Waals surface area (Å²) in [7, 11) is 0. The molecule has 0 spiro atoms. The van der Waals surface area contributed by atoms with Crippen LogP contribution in [0.15, 0.2) is 12.1 Å². The standard InChI is InChI=1S/C14H22FN3O2/c1-8(2)20-12-6-11(10(16)5-9(12)15)18-7-14(3,4)13(17)19/h5-6,8,18H,7,16H2,1-4H3,(H2,17,19). The smallest absolute Gasteiger partial charge is 0.224 e. The lowest BCUT2D eigenvalue weighted by atomic mass is 9.92. The third kappa shape index (κ3) is 4.01. The molecule has 0 aliphatic rings. The van der Waals surface area contributed by atoms with Gasteiger partial charge in [0.25, 0.3) is 0 Å². The highest BCUT2D eigenvalue weighted by molar-refractivity contribution is 5.81. The van der Waals surface area contributed by atoms with Crippen molar-refractivity contribution in [3.63, 3.8) is 0 Å². The summed E-state index contributed by atoms with van der Waals surface area (Å²) in [6, 6.07) is 2.68. The Morgan fingerprint density at radius 1 is 1.45 bits per heavy atom. The summed E-state index contributed by atoms with van der Waals surface area (Å²) in [5.41, 5.74) is 11.1. The summed E-state index contributed by atoms with van der Waals surface area (Å²) in [5, 5.41) is 3.00. The van der Waals surface area contributed by atoms with Crippen LogP contribution in [0.4, 0.5) is 15.8 Å². The molecule has 1 aromatic rings. The van der Waals surface area contributed by atoms with E-state index in [1.165, 1.54) is 12.1 Å². The second-order valence-corrected chi connectivity index (χ2v) is 5.64. The van der Waals surface area contributed by atoms with E-state index in [2.05, 4.69) is 5.32 Å². The number of carbonyl (C=O) groups is 1. The van der Waals surface area contributed by atoms with E-state index in [0.29, 0.717) is 12.2 Å². The number of halogens is 1. The van der Waals surface area contributed by atoms with E-state index in [1.54, 1.807) is 27.7 Å². The number of rotatable bonds is 6. The number of ether oxygens (including phenoxy) is 1. The van der Waals surface area contributed by atoms with E-state index < -0.39 is 17.1 Å². The lowest BCUT2D eigenvalue weighted by molar-refractivity contribution is -0.125. The fraction of sp³-hybridized carbons (Fsp3) is 0.500. The van der Waals surface area contributed by atoms with Crippen molar-refractivity contribution in [2.45, 2.75) is 33.8 Å². The van der Waals surface area contributed by atoms with Gasteiger partial charge in [0, 0.05) is 18.7 Å². The van der Waals surface area contributed by atoms with E-state index in [-0.39, 0.29) is 17.5 Å². The molecule has 20 heavy (non-hydrogen) atoms. The van der Waals surface area contributed by atoms with Gasteiger partial charge in [-0.15, -0.1) is 0 Å². The highest BCUT2D eigenvalue weighted by Gasteiger charge is 2.25. The van der Waals surface area contributed by atoms with Crippen LogP contribution < -0.4 is 21.5 Å². The van der Waals surface area contributed by atoms with Gasteiger partial charge >= 0.3 is 0 Å². The van der Waals surface area contributed by atoms with Gasteiger partial charge in [0.05, 0.1) is 22.9 Å². The Bertz CT molecular complexity index is 501. The fourth-order valence-electron chi connectivity index (χ4n) is 1.47. The van der Waals surface area contributed by atoms with Gasteiger partial charge in [0.15, 0.2) is 11.6 Å². The van der Waals surface area contributed by atoms with Crippen LogP contribution in [0.25, 0.3) is 0 Å². The van der Waals surface area contributed by atoms with Crippen molar-refractivity contribution >= 4 is 17.3 Å². The van der Waals surface area contributed by atoms with Crippen LogP contribution in [0.2, 0.25) is 0 Å². The molecule has 0 bridgehead atoms. The lowest BCUT2D eigenvalue weighted by Crippen LogP contribution is -2.37. The van der Waals surface area contributed by atoms with Crippen LogP contribution >= 0.6 is 0 Å². The molecule has 1 rings (SSSR count). The van der Waals surface area contributed by atoms with Crippen molar-refractivity contribution < 1.29 is 13.9 Å². The maximum Gasteiger partial charge on any atom is 0.224 e. The van der Waals surface area contributed by atoms with Crippen LogP contribution in [0.3, 0.4) is 0 Å². The first kappa shape index (κ1) is 16.1. The van der Waals surface area contributed by atoms with E-state index in [9.17, 15) is 9.18 Å². The van der Waals surface area contributed by atoms with Gasteiger partial charge in [-0.2, -0.15) is 0 Å². The largest absolute Gasteiger partial charge is 0.488 e. The van der Waals surface area contributed by atoms with Crippen molar-refractivity contribution in [1.29, 1.82) is 0 Å². The number of hydrogen-bond donors (Lipinski definition) is 3. The number of primary amides is 1. The molecule has 112 valence electrons. The predicted octanol–water partition coefficient (Wildman–Crippen LogP) is 2.12. The number of amides is 1. The van der Waals surface area contributed by atoms with Crippen LogP contribution in [0, 0.1) is 11.2 Å². The maximum atomic E-state index is 13.7. The molecule has 0 atom stereocenters. The first-order valence-electron chi connectivity index (χ1n) is 6.43. The highest BCUT2D eigenvalue weighted by Crippen LogP contribution is 2.29. The van der Waals surface area contributed by atoms with E-state index >= 15 is 0 Å². The highest BCUT2D eigenvalue weighted by atomic mass is 19.1. The maximum absolute atomic E-state index is 13.7. The number of benzene rings is 1. The Morgan fingerprint density at radius 3 is 2.55 bits per heavy atom. The molecule has 0 saturated carbocycles. The first-order valence-corrected chi connectivity index (χ1v) is 6.43. The molecular weight excluding hydrogens is 261 g/mol. The summed E-state index contributed by atoms with van der Waals surface area (Å²) >= 11 is 0. The molecule has 0 fully saturated rings. The SMILES string of the molecule is CC(C)Oc1cc(NCC(C)(C)C(N)=O)c(N)cc1F. The molecule has 5 N–H and O–H groups in total. The van der Waals surface area contributed by atoms with Crippen LogP contribution in [-0.4, -0.2) is 18.6 Å². The first-order chi connectivity index (χ1) is 9.13. The summed E-state index contributed by atoms with van der Waals surface area (Å²) in [6.45, 7) is 7.33. The molecule has 0 aromatic heterocycles. The molecule has 0 saturated heterocycles. The predicted molar refractivity (Wildman–Crippen MR) is 78.0 cm³/mol. The number of nitrogens with two attached hydrogens (primary N) is 2. The van der Waals surface area contributed by atoms with Crippen LogP contribution in [-0.2, 0) is 4.79 Å². The summed E-state index contributed by atoms with van der Waals surface area (Å²) < 4.78 is 19.0. The molecule has 0 aliphatic heterocycles. The van der Waals surface area contributed by atoms with Gasteiger partial charge in [0.2, 0.25) is 5.91 Å². The third-order valence-corrected chi connectivity index (χ3v) is 2.85. The Morgan fingerprint density at radius 2 is 2.05 bits per heavy atom. The summed E-state index contributed by atoms with van der Waals surface area (Å²) in [5.74, 6) is -0.825. The number of hydrogen-bond acceptors (Lipinski definition) is 4. The van der Waals surface area contributed by atoms with Crippen molar-refractivity contribution in [2.75, 3.05) is 17.6 Å². The molecule has 6 heteroatoms. The van der Waals surface area contributed by atoms with E-state index in [4.69, 9.17) is 16.2 Å². The normalized spacial score (nSPS) is 11.5. The number of nitrogen functional groups attached to an aromatic ring is 1. The number of anilines is 2. The Hall–Kier alpha value is -1.98. The van der Waals surface area contributed by atoms with Crippen molar-refractivity contribution in [2.24, 2.45) is 11.1 Å². The van der Waals surface area contributed by atoms with Crippen molar-refractivity contribution in [3.8, 4) is 5.75 Å². The van der Waals surface area contributed by atoms with Gasteiger partial charge in [-0.25, -0.2) is 4.39 Å². The number of nitrogens with one attached hydrogen (secondary N) is 1. The van der Waals surface area contributed by atoms with Gasteiger partial charge in [0.1, 0.15) is 0 Å². The van der Waals surface area contributed by atoms with Gasteiger partial charge in [-0.3, -0.25) is 4.79 Å². The summed E-state index contributed by atoms with van der Waals surface area (Å²) in [4.78, 5) is 11.3. The van der Waals surface area contributed by atoms with Gasteiger partial charge < -0.3 is 21.5 Å². The quantitative estimate of drug-likeness (QED) is 0.697. The topological polar surface area (TPSA) is 90.4 Å². The second kappa shape index (κ2) is 5.98. The average molecular weight is 283 g/mol. The van der Waals surface area contributed by atoms with Crippen molar-refractivity contribution in [3.05, 3.63) is 17.9 Å². The average Bonchev–Trinajstić information content (AvgIpc) is 2.30. The van der Waals surface area contributed by atoms with Crippen LogP contribution in [0.5, 0.6) is 5.75 Å². The summed E-state index contributed by atoms with van der Waals surface area (Å²) in [6.07, 6.45) is -0.150. The molecular formula is C14H22FN3O2. The second-order valence-electron chi connectivity index (χ2n) is 5.64. The fourth-order valence-corrected chi connectivity index (χ4v) is 1.47. The molecule has 1 amide bonds. The minimum absolute atomic E-state index is 0.119. The van der Waals surface area contributed by atoms with E-state index in [1.807, 2.05) is 0 Å². The number of carbonyl (C=O) groups excluding carboxylic acids is 1. The molecule has 0 radical (unpaired) electrons. The Kier molecular flexibility index (Phi) is 4.81. The Balaban J connectivity index is 2.92. The minimum atomic E-state index is -0.736. The zero-order chi connectivity index (χ0) is 15.5. The molecule has 5 nitrogen and oxygen atoms in total. The molecule has 1 aromatic carbocycles. The molecule has 0 unspecified atom stereocenters. The van der Waals surface area contributed by atoms with Gasteiger partial charge in [-0.1, -0.05) is 0 Å². The van der Waals surface area contributed by atoms with Crippen molar-refractivity contribution in [1.82, 2.24) is 0 Å². The third-order valence-electron chi connectivity index (χ3n) is 2.85. The monoisotopic (exact) mass is 283 g/mol. The zero-order valence-corrected chi connectivity index (χ0v) is 12.3. The van der Waals surface area contributed by atoms with E-state index in [0.717, 1.165) is 0 Å². The minimum Gasteiger partial charge on any atom is -0.488 e.